The van der Waals surface area contributed by atoms with Crippen LogP contribution in [0.1, 0.15) is 194 Å². The second kappa shape index (κ2) is 38.9. The predicted molar refractivity (Wildman–Crippen MR) is 261 cm³/mol. The summed E-state index contributed by atoms with van der Waals surface area (Å²) in [5.41, 5.74) is 0. The lowest BCUT2D eigenvalue weighted by Crippen LogP contribution is -2.65. The summed E-state index contributed by atoms with van der Waals surface area (Å²) in [4.78, 5) is 73.3. The molecule has 0 spiro atoms. The number of hydrogen-bond acceptors (Lipinski definition) is 14. The molecule has 5 unspecified atom stereocenters. The van der Waals surface area contributed by atoms with Crippen LogP contribution in [0.25, 0.3) is 0 Å². The number of carbonyl (C=O) groups excluding carboxylic acids is 2. The van der Waals surface area contributed by atoms with Crippen molar-refractivity contribution < 1.29 is 90.6 Å². The van der Waals surface area contributed by atoms with Crippen molar-refractivity contribution in [1.82, 2.24) is 0 Å². The van der Waals surface area contributed by atoms with Crippen molar-refractivity contribution in [2.45, 2.75) is 236 Å². The Labute approximate surface area is 410 Å². The molecule has 69 heavy (non-hydrogen) atoms. The summed E-state index contributed by atoms with van der Waals surface area (Å²) < 4.78 is 65.6. The first-order valence-electron chi connectivity index (χ1n) is 25.3. The molecule has 0 aromatic rings. The molecule has 0 aliphatic heterocycles. The van der Waals surface area contributed by atoms with Crippen LogP contribution in [-0.2, 0) is 50.9 Å². The third-order valence-corrected chi connectivity index (χ3v) is 13.4. The van der Waals surface area contributed by atoms with E-state index < -0.39 is 91.3 Å². The van der Waals surface area contributed by atoms with Gasteiger partial charge in [-0.15, -0.1) is 0 Å². The van der Waals surface area contributed by atoms with Crippen molar-refractivity contribution in [3.05, 3.63) is 36.5 Å². The number of esters is 2. The maximum atomic E-state index is 13.1. The molecule has 0 bridgehead atoms. The number of phosphoric ester groups is 3. The van der Waals surface area contributed by atoms with Crippen molar-refractivity contribution in [2.24, 2.45) is 0 Å². The molecule has 19 nitrogen and oxygen atoms in total. The molecule has 0 heterocycles. The Hall–Kier alpha value is -1.63. The minimum atomic E-state index is -5.60. The first-order chi connectivity index (χ1) is 32.8. The number of phosphoric acid groups is 3. The second-order valence-corrected chi connectivity index (χ2v) is 21.5. The normalized spacial score (nSPS) is 21.6. The minimum absolute atomic E-state index is 0.00967. The van der Waals surface area contributed by atoms with Crippen LogP contribution in [-0.4, -0.2) is 108 Å². The van der Waals surface area contributed by atoms with E-state index in [-0.39, 0.29) is 12.8 Å². The van der Waals surface area contributed by atoms with E-state index in [0.29, 0.717) is 12.8 Å². The van der Waals surface area contributed by atoms with Crippen molar-refractivity contribution >= 4 is 35.4 Å². The van der Waals surface area contributed by atoms with Gasteiger partial charge in [-0.25, -0.2) is 13.7 Å². The molecule has 1 saturated carbocycles. The molecular weight excluding hydrogens is 961 g/mol. The van der Waals surface area contributed by atoms with Crippen molar-refractivity contribution in [3.63, 3.8) is 0 Å². The average molecular weight is 1050 g/mol. The summed E-state index contributed by atoms with van der Waals surface area (Å²) in [6, 6.07) is 0. The molecule has 1 rings (SSSR count). The van der Waals surface area contributed by atoms with Crippen LogP contribution < -0.4 is 0 Å². The highest BCUT2D eigenvalue weighted by atomic mass is 31.2. The van der Waals surface area contributed by atoms with E-state index in [1.54, 1.807) is 0 Å². The molecule has 1 fully saturated rings. The number of carbonyl (C=O) groups is 2. The highest BCUT2D eigenvalue weighted by molar-refractivity contribution is 7.47. The maximum Gasteiger partial charge on any atom is 0.472 e. The third-order valence-electron chi connectivity index (χ3n) is 11.4. The van der Waals surface area contributed by atoms with E-state index in [2.05, 4.69) is 59.4 Å². The van der Waals surface area contributed by atoms with E-state index in [4.69, 9.17) is 18.5 Å². The molecule has 0 aromatic heterocycles. The minimum Gasteiger partial charge on any atom is -0.462 e. The zero-order chi connectivity index (χ0) is 51.4. The summed E-state index contributed by atoms with van der Waals surface area (Å²) >= 11 is 0. The molecule has 0 saturated heterocycles. The number of ether oxygens (including phenoxy) is 2. The third kappa shape index (κ3) is 35.2. The van der Waals surface area contributed by atoms with Crippen LogP contribution in [0.2, 0.25) is 0 Å². The molecule has 1 aliphatic carbocycles. The SMILES string of the molecule is CCCCCC=CCC=CCCCCCCCC(=O)OC[C@H](COP(=O)(O)O[C@H]1C(O)C(O)C(OP(=O)(O)O)[C@@H](OP(=O)(O)O)C1O)OC(=O)CCCCCCCCCC=CCCCCCCCC. The number of aliphatic hydroxyl groups excluding tert-OH is 3. The Kier molecular flexibility index (Phi) is 36.9. The van der Waals surface area contributed by atoms with Crippen LogP contribution in [0.15, 0.2) is 36.5 Å². The lowest BCUT2D eigenvalue weighted by Gasteiger charge is -2.44. The van der Waals surface area contributed by atoms with E-state index in [1.807, 2.05) is 0 Å². The fourth-order valence-electron chi connectivity index (χ4n) is 7.61. The molecule has 8 N–H and O–H groups in total. The second-order valence-electron chi connectivity index (χ2n) is 17.7. The van der Waals surface area contributed by atoms with Crippen LogP contribution in [0.5, 0.6) is 0 Å². The smallest absolute Gasteiger partial charge is 0.462 e. The van der Waals surface area contributed by atoms with Gasteiger partial charge in [0, 0.05) is 12.8 Å². The quantitative estimate of drug-likeness (QED) is 0.0122. The molecular formula is C47H87O19P3. The lowest BCUT2D eigenvalue weighted by atomic mass is 9.85. The van der Waals surface area contributed by atoms with Gasteiger partial charge in [0.2, 0.25) is 0 Å². The Morgan fingerprint density at radius 3 is 1.32 bits per heavy atom. The van der Waals surface area contributed by atoms with Gasteiger partial charge in [0.25, 0.3) is 0 Å². The van der Waals surface area contributed by atoms with Gasteiger partial charge < -0.3 is 49.3 Å². The molecule has 8 atom stereocenters. The molecule has 0 radical (unpaired) electrons. The van der Waals surface area contributed by atoms with Crippen LogP contribution >= 0.6 is 23.5 Å². The lowest BCUT2D eigenvalue weighted by molar-refractivity contribution is -0.213. The number of aliphatic hydroxyl groups is 3. The molecule has 0 aromatic carbocycles. The highest BCUT2D eigenvalue weighted by Gasteiger charge is 2.56. The summed E-state index contributed by atoms with van der Waals surface area (Å²) in [6.45, 7) is 2.91. The zero-order valence-electron chi connectivity index (χ0n) is 41.1. The average Bonchev–Trinajstić information content (AvgIpc) is 3.28. The van der Waals surface area contributed by atoms with Gasteiger partial charge in [-0.05, 0) is 70.6 Å². The van der Waals surface area contributed by atoms with Gasteiger partial charge >= 0.3 is 35.4 Å². The predicted octanol–water partition coefficient (Wildman–Crippen LogP) is 9.63. The van der Waals surface area contributed by atoms with E-state index in [9.17, 15) is 63.1 Å². The van der Waals surface area contributed by atoms with Crippen LogP contribution in [0.3, 0.4) is 0 Å². The van der Waals surface area contributed by atoms with Gasteiger partial charge in [-0.2, -0.15) is 0 Å². The monoisotopic (exact) mass is 1050 g/mol. The van der Waals surface area contributed by atoms with E-state index >= 15 is 0 Å². The molecule has 1 aliphatic rings. The van der Waals surface area contributed by atoms with Gasteiger partial charge in [0.15, 0.2) is 6.10 Å². The van der Waals surface area contributed by atoms with Gasteiger partial charge in [0.05, 0.1) is 6.61 Å². The Morgan fingerprint density at radius 1 is 0.464 bits per heavy atom. The van der Waals surface area contributed by atoms with Gasteiger partial charge in [0.1, 0.15) is 43.2 Å². The number of rotatable bonds is 43. The van der Waals surface area contributed by atoms with Gasteiger partial charge in [-0.3, -0.25) is 27.7 Å². The Bertz CT molecular complexity index is 1580. The summed E-state index contributed by atoms with van der Waals surface area (Å²) in [5.74, 6) is -1.32. The van der Waals surface area contributed by atoms with Crippen LogP contribution in [0.4, 0.5) is 0 Å². The van der Waals surface area contributed by atoms with Crippen LogP contribution in [0, 0.1) is 0 Å². The fourth-order valence-corrected chi connectivity index (χ4v) is 9.70. The summed E-state index contributed by atoms with van der Waals surface area (Å²) in [7, 11) is -16.6. The van der Waals surface area contributed by atoms with Crippen molar-refractivity contribution in [1.29, 1.82) is 0 Å². The molecule has 0 amide bonds. The Morgan fingerprint density at radius 2 is 0.841 bits per heavy atom. The standard InChI is InChI=1S/C47H87O19P3/c1-3-5-7-9-11-13-15-17-19-20-22-24-26-28-30-32-34-36-41(49)63-39(37-61-40(48)35-33-31-29-27-25-23-21-18-16-14-12-10-8-6-4-2)38-62-69(59,60)66-45-42(50)43(51)46(64-67(53,54)55)47(44(45)52)65-68(56,57)58/h12,14,17-19,21,39,42-47,50-52H,3-11,13,15-16,20,22-38H2,1-2H3,(H,59,60)(H2,53,54,55)(H2,56,57,58)/t39-,42?,43?,44?,45+,46?,47+/m1/s1. The van der Waals surface area contributed by atoms with Gasteiger partial charge in [-0.1, -0.05) is 147 Å². The van der Waals surface area contributed by atoms with E-state index in [0.717, 1.165) is 96.3 Å². The Balaban J connectivity index is 2.71. The fraction of sp³-hybridized carbons (Fsp3) is 0.830. The molecule has 22 heteroatoms. The van der Waals surface area contributed by atoms with Crippen molar-refractivity contribution in [2.75, 3.05) is 13.2 Å². The summed E-state index contributed by atoms with van der Waals surface area (Å²) in [5, 5.41) is 31.9. The topological polar surface area (TPSA) is 303 Å². The van der Waals surface area contributed by atoms with Crippen molar-refractivity contribution in [3.8, 4) is 0 Å². The number of allylic oxidation sites excluding steroid dienone is 6. The first-order valence-corrected chi connectivity index (χ1v) is 29.8. The zero-order valence-corrected chi connectivity index (χ0v) is 43.8. The largest absolute Gasteiger partial charge is 0.472 e. The number of unbranched alkanes of at least 4 members (excludes halogenated alkanes) is 21. The number of hydrogen-bond donors (Lipinski definition) is 8. The maximum absolute atomic E-state index is 13.1. The highest BCUT2D eigenvalue weighted by Crippen LogP contribution is 2.51. The summed E-state index contributed by atoms with van der Waals surface area (Å²) in [6.07, 6.45) is 24.3. The first kappa shape index (κ1) is 65.4. The van der Waals surface area contributed by atoms with E-state index in [1.165, 1.54) is 57.8 Å². The molecule has 404 valence electrons.